The molecule has 0 saturated heterocycles. The van der Waals surface area contributed by atoms with Gasteiger partial charge in [-0.3, -0.25) is 5.41 Å². The maximum absolute atomic E-state index is 8.00. The van der Waals surface area contributed by atoms with E-state index in [0.29, 0.717) is 0 Å². The molecule has 0 unspecified atom stereocenters. The van der Waals surface area contributed by atoms with Crippen LogP contribution in [0.4, 0.5) is 17.8 Å². The van der Waals surface area contributed by atoms with E-state index in [-0.39, 0.29) is 28.9 Å². The van der Waals surface area contributed by atoms with Crippen LogP contribution in [0.2, 0.25) is 0 Å². The zero-order valence-electron chi connectivity index (χ0n) is 9.91. The number of anilines is 3. The van der Waals surface area contributed by atoms with Gasteiger partial charge >= 0.3 is 0 Å². The molecule has 13 heteroatoms. The number of nitrogen functional groups attached to an aromatic ring is 3. The molecule has 0 amide bonds. The second kappa shape index (κ2) is 13.1. The fourth-order valence-corrected chi connectivity index (χ4v) is 0.427. The fraction of sp³-hybridized carbons (Fsp3) is 0. The third-order valence-electron chi connectivity index (χ3n) is 0.687. The number of thiocarbonyl (C=S) groups is 1. The minimum Gasteiger partial charge on any atom is -0.377 e. The van der Waals surface area contributed by atoms with Gasteiger partial charge in [-0.15, -0.1) is 0 Å². The molecule has 0 fully saturated rings. The zero-order chi connectivity index (χ0) is 16.0. The Morgan fingerprint density at radius 2 is 1.00 bits per heavy atom. The van der Waals surface area contributed by atoms with E-state index in [1.807, 2.05) is 6.79 Å². The van der Waals surface area contributed by atoms with Gasteiger partial charge in [0.25, 0.3) is 0 Å². The number of carbonyl (C=O) groups excluding carboxylic acids is 1. The van der Waals surface area contributed by atoms with Gasteiger partial charge in [-0.05, 0) is 12.2 Å². The van der Waals surface area contributed by atoms with Crippen LogP contribution in [0.15, 0.2) is 0 Å². The summed E-state index contributed by atoms with van der Waals surface area (Å²) in [6.45, 7) is 2.00. The molecule has 0 spiro atoms. The summed E-state index contributed by atoms with van der Waals surface area (Å²) in [5, 5.41) is 6.06. The van der Waals surface area contributed by atoms with E-state index in [0.717, 1.165) is 0 Å². The zero-order valence-corrected chi connectivity index (χ0v) is 10.7. The molecule has 12 nitrogen and oxygen atoms in total. The maximum atomic E-state index is 8.00. The van der Waals surface area contributed by atoms with Gasteiger partial charge < -0.3 is 44.9 Å². The molecule has 0 bridgehead atoms. The molecule has 0 aromatic carbocycles. The average molecular weight is 291 g/mol. The molecule has 0 atom stereocenters. The molecule has 15 N–H and O–H groups in total. The van der Waals surface area contributed by atoms with Crippen molar-refractivity contribution in [1.29, 1.82) is 5.41 Å². The molecule has 19 heavy (non-hydrogen) atoms. The van der Waals surface area contributed by atoms with Crippen molar-refractivity contribution in [3.05, 3.63) is 0 Å². The van der Waals surface area contributed by atoms with E-state index < -0.39 is 0 Å². The molecule has 0 saturated carbocycles. The highest BCUT2D eigenvalue weighted by atomic mass is 32.1. The number of rotatable bonds is 0. The molecule has 108 valence electrons. The summed E-state index contributed by atoms with van der Waals surface area (Å²) in [7, 11) is 0. The second-order valence-electron chi connectivity index (χ2n) is 2.27. The van der Waals surface area contributed by atoms with E-state index in [1.165, 1.54) is 0 Å². The van der Waals surface area contributed by atoms with E-state index in [4.69, 9.17) is 27.4 Å². The fourth-order valence-electron chi connectivity index (χ4n) is 0.427. The Balaban J connectivity index is -0.000000217. The van der Waals surface area contributed by atoms with Gasteiger partial charge in [0, 0.05) is 0 Å². The Morgan fingerprint density at radius 3 is 1.11 bits per heavy atom. The number of aromatic nitrogens is 3. The highest BCUT2D eigenvalue weighted by molar-refractivity contribution is 7.80. The standard InChI is InChI=1S/C3H6N6.CH5N3.CH4N2S.CH2O/c4-1-7-2(5)9-3(6)8-1;2*2-1(3)4;1-2/h(H6,4,5,6,7,8,9);(H5,2,3,4);(H4,2,3,4);1H2. The summed E-state index contributed by atoms with van der Waals surface area (Å²) in [6.07, 6.45) is 0. The molecule has 1 heterocycles. The Hall–Kier alpha value is -2.96. The summed E-state index contributed by atoms with van der Waals surface area (Å²) in [5.74, 6) is -0.208. The van der Waals surface area contributed by atoms with Crippen molar-refractivity contribution in [3.8, 4) is 0 Å². The van der Waals surface area contributed by atoms with Gasteiger partial charge in [0.15, 0.2) is 11.1 Å². The van der Waals surface area contributed by atoms with E-state index in [2.05, 4.69) is 50.1 Å². The molecule has 0 radical (unpaired) electrons. The minimum atomic E-state index is -0.333. The lowest BCUT2D eigenvalue weighted by atomic mass is 10.9. The van der Waals surface area contributed by atoms with Gasteiger partial charge in [-0.25, -0.2) is 0 Å². The molecule has 1 aromatic heterocycles. The second-order valence-corrected chi connectivity index (χ2v) is 2.74. The third-order valence-corrected chi connectivity index (χ3v) is 0.687. The predicted octanol–water partition coefficient (Wildman–Crippen LogP) is -3.54. The van der Waals surface area contributed by atoms with Gasteiger partial charge in [-0.2, -0.15) is 15.0 Å². The van der Waals surface area contributed by atoms with Crippen molar-refractivity contribution in [3.63, 3.8) is 0 Å². The van der Waals surface area contributed by atoms with Crippen molar-refractivity contribution in [2.24, 2.45) is 22.9 Å². The van der Waals surface area contributed by atoms with Gasteiger partial charge in [0.1, 0.15) is 6.79 Å². The molecular weight excluding hydrogens is 274 g/mol. The van der Waals surface area contributed by atoms with Crippen molar-refractivity contribution >= 4 is 47.9 Å². The summed E-state index contributed by atoms with van der Waals surface area (Å²) >= 11 is 4.09. The highest BCUT2D eigenvalue weighted by Gasteiger charge is 1.93. The molecule has 1 aromatic rings. The highest BCUT2D eigenvalue weighted by Crippen LogP contribution is 1.97. The van der Waals surface area contributed by atoms with E-state index in [9.17, 15) is 0 Å². The Kier molecular flexibility index (Phi) is 14.7. The normalized spacial score (nSPS) is 7.16. The number of nitrogens with zero attached hydrogens (tertiary/aromatic N) is 3. The van der Waals surface area contributed by atoms with Crippen LogP contribution in [0.3, 0.4) is 0 Å². The van der Waals surface area contributed by atoms with Crippen LogP contribution in [-0.2, 0) is 4.79 Å². The first kappa shape index (κ1) is 21.3. The maximum Gasteiger partial charge on any atom is 0.226 e. The average Bonchev–Trinajstić information content (AvgIpc) is 2.16. The summed E-state index contributed by atoms with van der Waals surface area (Å²) in [4.78, 5) is 18.5. The van der Waals surface area contributed by atoms with Crippen LogP contribution in [0.25, 0.3) is 0 Å². The van der Waals surface area contributed by atoms with Crippen molar-refractivity contribution in [2.75, 3.05) is 17.2 Å². The van der Waals surface area contributed by atoms with Crippen molar-refractivity contribution in [2.45, 2.75) is 0 Å². The third kappa shape index (κ3) is 31.3. The van der Waals surface area contributed by atoms with Crippen molar-refractivity contribution < 1.29 is 4.79 Å². The minimum absolute atomic E-state index is 0.000000000000000222. The van der Waals surface area contributed by atoms with Crippen LogP contribution in [-0.4, -0.2) is 32.8 Å². The van der Waals surface area contributed by atoms with Crippen LogP contribution < -0.4 is 40.1 Å². The summed E-state index contributed by atoms with van der Waals surface area (Å²) in [5.41, 5.74) is 33.6. The van der Waals surface area contributed by atoms with E-state index >= 15 is 0 Å². The molecule has 0 aliphatic heterocycles. The Bertz CT molecular complexity index is 326. The lowest BCUT2D eigenvalue weighted by Crippen LogP contribution is -2.20. The monoisotopic (exact) mass is 291 g/mol. The van der Waals surface area contributed by atoms with Crippen LogP contribution in [0, 0.1) is 5.41 Å². The first-order valence-corrected chi connectivity index (χ1v) is 4.51. The summed E-state index contributed by atoms with van der Waals surface area (Å²) < 4.78 is 0. The smallest absolute Gasteiger partial charge is 0.226 e. The number of guanidine groups is 1. The van der Waals surface area contributed by atoms with Gasteiger partial charge in [0.2, 0.25) is 17.8 Å². The molecule has 0 aliphatic carbocycles. The number of nitrogens with one attached hydrogen (secondary N) is 1. The lowest BCUT2D eigenvalue weighted by Gasteiger charge is -1.93. The summed E-state index contributed by atoms with van der Waals surface area (Å²) in [6, 6.07) is 0. The van der Waals surface area contributed by atoms with Crippen LogP contribution >= 0.6 is 12.2 Å². The largest absolute Gasteiger partial charge is 0.377 e. The van der Waals surface area contributed by atoms with Gasteiger partial charge in [0.05, 0.1) is 0 Å². The molecule has 1 rings (SSSR count). The number of nitrogens with two attached hydrogens (primary N) is 7. The Labute approximate surface area is 114 Å². The predicted molar refractivity (Wildman–Crippen MR) is 77.3 cm³/mol. The van der Waals surface area contributed by atoms with Crippen LogP contribution in [0.1, 0.15) is 0 Å². The van der Waals surface area contributed by atoms with Crippen LogP contribution in [0.5, 0.6) is 0 Å². The molecule has 0 aliphatic rings. The number of hydrogen-bond acceptors (Lipinski definition) is 9. The first-order valence-electron chi connectivity index (χ1n) is 4.11. The van der Waals surface area contributed by atoms with Crippen molar-refractivity contribution in [1.82, 2.24) is 15.0 Å². The van der Waals surface area contributed by atoms with E-state index in [1.54, 1.807) is 0 Å². The van der Waals surface area contributed by atoms with Gasteiger partial charge in [-0.1, -0.05) is 0 Å². The quantitative estimate of drug-likeness (QED) is 0.131. The number of hydrogen-bond donors (Lipinski definition) is 8. The molecular formula is C6H17N11OS. The first-order chi connectivity index (χ1) is 8.65. The number of carbonyl (C=O) groups is 1. The lowest BCUT2D eigenvalue weighted by molar-refractivity contribution is -0.0979. The topological polar surface area (TPSA) is 262 Å². The SMILES string of the molecule is C=O.N=C(N)N.NC(N)=S.Nc1nc(N)nc(N)n1. The Morgan fingerprint density at radius 1 is 0.895 bits per heavy atom.